The molecule has 0 unspecified atom stereocenters. The number of benzene rings is 1. The Balaban J connectivity index is 2.16. The van der Waals surface area contributed by atoms with Gasteiger partial charge in [-0.1, -0.05) is 0 Å². The Labute approximate surface area is 120 Å². The van der Waals surface area contributed by atoms with Crippen molar-refractivity contribution in [2.75, 3.05) is 45.0 Å². The molecule has 1 aliphatic rings. The lowest BCUT2D eigenvalue weighted by Gasteiger charge is -2.23. The third kappa shape index (κ3) is 3.22. The van der Waals surface area contributed by atoms with Crippen molar-refractivity contribution in [1.82, 2.24) is 4.90 Å². The molecule has 1 aliphatic carbocycles. The van der Waals surface area contributed by atoms with Crippen LogP contribution in [0.1, 0.15) is 23.2 Å². The highest BCUT2D eigenvalue weighted by Gasteiger charge is 2.32. The van der Waals surface area contributed by atoms with Crippen LogP contribution >= 0.6 is 0 Å². The number of nitrogens with two attached hydrogens (primary N) is 1. The quantitative estimate of drug-likeness (QED) is 0.802. The van der Waals surface area contributed by atoms with Gasteiger partial charge < -0.3 is 20.3 Å². The Morgan fingerprint density at radius 1 is 1.40 bits per heavy atom. The van der Waals surface area contributed by atoms with E-state index >= 15 is 0 Å². The minimum atomic E-state index is 0.0431. The van der Waals surface area contributed by atoms with Crippen LogP contribution in [0.4, 0.5) is 11.4 Å². The smallest absolute Gasteiger partial charge is 0.254 e. The zero-order chi connectivity index (χ0) is 14.7. The molecule has 0 bridgehead atoms. The monoisotopic (exact) mass is 277 g/mol. The molecule has 2 rings (SSSR count). The van der Waals surface area contributed by atoms with E-state index in [9.17, 15) is 4.79 Å². The fraction of sp³-hybridized carbons (Fsp3) is 0.533. The van der Waals surface area contributed by atoms with Crippen molar-refractivity contribution >= 4 is 17.3 Å². The second kappa shape index (κ2) is 6.13. The molecule has 2 N–H and O–H groups in total. The molecule has 0 atom stereocenters. The average molecular weight is 277 g/mol. The lowest BCUT2D eigenvalue weighted by Crippen LogP contribution is -2.35. The van der Waals surface area contributed by atoms with Gasteiger partial charge in [0.1, 0.15) is 0 Å². The summed E-state index contributed by atoms with van der Waals surface area (Å²) in [5.74, 6) is 0.0431. The van der Waals surface area contributed by atoms with Crippen LogP contribution < -0.4 is 10.6 Å². The summed E-state index contributed by atoms with van der Waals surface area (Å²) in [7, 11) is 5.52. The highest BCUT2D eigenvalue weighted by Crippen LogP contribution is 2.29. The first kappa shape index (κ1) is 14.7. The van der Waals surface area contributed by atoms with E-state index in [4.69, 9.17) is 10.5 Å². The van der Waals surface area contributed by atoms with Crippen molar-refractivity contribution in [1.29, 1.82) is 0 Å². The molecule has 0 heterocycles. The number of ether oxygens (including phenoxy) is 1. The molecule has 0 radical (unpaired) electrons. The van der Waals surface area contributed by atoms with Crippen molar-refractivity contribution in [3.05, 3.63) is 23.8 Å². The molecule has 1 aromatic carbocycles. The zero-order valence-corrected chi connectivity index (χ0v) is 12.4. The fourth-order valence-corrected chi connectivity index (χ4v) is 2.29. The Morgan fingerprint density at radius 2 is 2.10 bits per heavy atom. The van der Waals surface area contributed by atoms with Gasteiger partial charge in [0.25, 0.3) is 5.91 Å². The van der Waals surface area contributed by atoms with E-state index in [0.717, 1.165) is 18.5 Å². The van der Waals surface area contributed by atoms with E-state index in [2.05, 4.69) is 0 Å². The number of carbonyl (C=O) groups excluding carboxylic acids is 1. The van der Waals surface area contributed by atoms with Crippen molar-refractivity contribution in [2.45, 2.75) is 18.9 Å². The van der Waals surface area contributed by atoms with Crippen molar-refractivity contribution in [3.8, 4) is 0 Å². The number of nitrogens with zero attached hydrogens (tertiary/aromatic N) is 2. The van der Waals surface area contributed by atoms with Crippen LogP contribution in [0.15, 0.2) is 18.2 Å². The number of anilines is 2. The second-order valence-electron chi connectivity index (χ2n) is 5.39. The van der Waals surface area contributed by atoms with E-state index in [0.29, 0.717) is 30.4 Å². The zero-order valence-electron chi connectivity index (χ0n) is 12.4. The largest absolute Gasteiger partial charge is 0.397 e. The van der Waals surface area contributed by atoms with Gasteiger partial charge in [0.15, 0.2) is 0 Å². The van der Waals surface area contributed by atoms with Crippen LogP contribution in [0.25, 0.3) is 0 Å². The number of hydrogen-bond donors (Lipinski definition) is 1. The summed E-state index contributed by atoms with van der Waals surface area (Å²) in [5.41, 5.74) is 8.22. The Hall–Kier alpha value is -1.75. The van der Waals surface area contributed by atoms with Crippen LogP contribution in [0.2, 0.25) is 0 Å². The van der Waals surface area contributed by atoms with Gasteiger partial charge in [-0.05, 0) is 31.0 Å². The van der Waals surface area contributed by atoms with Gasteiger partial charge in [-0.3, -0.25) is 4.79 Å². The van der Waals surface area contributed by atoms with E-state index in [1.165, 1.54) is 0 Å². The molecule has 1 fully saturated rings. The highest BCUT2D eigenvalue weighted by molar-refractivity contribution is 5.96. The Morgan fingerprint density at radius 3 is 2.60 bits per heavy atom. The highest BCUT2D eigenvalue weighted by atomic mass is 16.5. The summed E-state index contributed by atoms with van der Waals surface area (Å²) >= 11 is 0. The Bertz CT molecular complexity index is 484. The summed E-state index contributed by atoms with van der Waals surface area (Å²) < 4.78 is 5.09. The van der Waals surface area contributed by atoms with Crippen molar-refractivity contribution in [2.24, 2.45) is 0 Å². The number of methoxy groups -OCH3 is 1. The Kier molecular flexibility index (Phi) is 4.49. The lowest BCUT2D eigenvalue weighted by atomic mass is 10.1. The number of carbonyl (C=O) groups is 1. The average Bonchev–Trinajstić information content (AvgIpc) is 3.23. The summed E-state index contributed by atoms with van der Waals surface area (Å²) in [6, 6.07) is 5.87. The first-order chi connectivity index (χ1) is 9.54. The maximum atomic E-state index is 12.6. The van der Waals surface area contributed by atoms with Gasteiger partial charge in [-0.25, -0.2) is 0 Å². The van der Waals surface area contributed by atoms with E-state index in [1.54, 1.807) is 13.2 Å². The first-order valence-electron chi connectivity index (χ1n) is 6.91. The molecule has 1 aromatic rings. The van der Waals surface area contributed by atoms with Gasteiger partial charge in [0.2, 0.25) is 0 Å². The van der Waals surface area contributed by atoms with Crippen molar-refractivity contribution < 1.29 is 9.53 Å². The molecule has 0 aliphatic heterocycles. The summed E-state index contributed by atoms with van der Waals surface area (Å²) in [6.07, 6.45) is 2.17. The van der Waals surface area contributed by atoms with Gasteiger partial charge in [0.05, 0.1) is 18.0 Å². The predicted octanol–water partition coefficient (Wildman–Crippen LogP) is 1.59. The lowest BCUT2D eigenvalue weighted by molar-refractivity contribution is 0.0680. The summed E-state index contributed by atoms with van der Waals surface area (Å²) in [4.78, 5) is 16.4. The van der Waals surface area contributed by atoms with Crippen LogP contribution in [0.3, 0.4) is 0 Å². The van der Waals surface area contributed by atoms with Crippen LogP contribution in [-0.2, 0) is 4.74 Å². The van der Waals surface area contributed by atoms with Crippen LogP contribution in [0.5, 0.6) is 0 Å². The van der Waals surface area contributed by atoms with E-state index in [-0.39, 0.29) is 5.91 Å². The molecule has 5 heteroatoms. The molecule has 0 aromatic heterocycles. The van der Waals surface area contributed by atoms with Gasteiger partial charge in [0, 0.05) is 39.4 Å². The van der Waals surface area contributed by atoms with Crippen LogP contribution in [-0.4, -0.2) is 51.2 Å². The summed E-state index contributed by atoms with van der Waals surface area (Å²) in [5, 5.41) is 0. The maximum Gasteiger partial charge on any atom is 0.254 e. The number of hydrogen-bond acceptors (Lipinski definition) is 4. The third-order valence-electron chi connectivity index (χ3n) is 3.54. The molecule has 5 nitrogen and oxygen atoms in total. The number of amides is 1. The van der Waals surface area contributed by atoms with Crippen molar-refractivity contribution in [3.63, 3.8) is 0 Å². The first-order valence-corrected chi connectivity index (χ1v) is 6.91. The summed E-state index contributed by atoms with van der Waals surface area (Å²) in [6.45, 7) is 1.20. The minimum Gasteiger partial charge on any atom is -0.397 e. The SMILES string of the molecule is COCCN(C(=O)c1ccc(N(C)C)c(N)c1)C1CC1. The molecule has 0 spiro atoms. The normalized spacial score (nSPS) is 14.2. The second-order valence-corrected chi connectivity index (χ2v) is 5.39. The van der Waals surface area contributed by atoms with Gasteiger partial charge in [-0.2, -0.15) is 0 Å². The maximum absolute atomic E-state index is 12.6. The number of rotatable bonds is 6. The molecule has 20 heavy (non-hydrogen) atoms. The van der Waals surface area contributed by atoms with E-state index in [1.807, 2.05) is 36.0 Å². The predicted molar refractivity (Wildman–Crippen MR) is 81.1 cm³/mol. The fourth-order valence-electron chi connectivity index (χ4n) is 2.29. The molecule has 1 amide bonds. The molecular formula is C15H23N3O2. The van der Waals surface area contributed by atoms with Gasteiger partial charge >= 0.3 is 0 Å². The molecule has 110 valence electrons. The molecule has 0 saturated heterocycles. The molecular weight excluding hydrogens is 254 g/mol. The minimum absolute atomic E-state index is 0.0431. The topological polar surface area (TPSA) is 58.8 Å². The van der Waals surface area contributed by atoms with E-state index < -0.39 is 0 Å². The van der Waals surface area contributed by atoms with Crippen LogP contribution in [0, 0.1) is 0 Å². The van der Waals surface area contributed by atoms with Gasteiger partial charge in [-0.15, -0.1) is 0 Å². The standard InChI is InChI=1S/C15H23N3O2/c1-17(2)14-7-4-11(10-13(14)16)15(19)18(8-9-20-3)12-5-6-12/h4,7,10,12H,5-6,8-9,16H2,1-3H3. The third-order valence-corrected chi connectivity index (χ3v) is 3.54. The number of nitrogen functional groups attached to an aromatic ring is 1. The molecule has 1 saturated carbocycles.